The van der Waals surface area contributed by atoms with Gasteiger partial charge in [-0.2, -0.15) is 5.11 Å². The van der Waals surface area contributed by atoms with Crippen LogP contribution in [0, 0.1) is 5.53 Å². The maximum atomic E-state index is 11.3. The number of carbonyl (C=O) groups is 1. The van der Waals surface area contributed by atoms with E-state index in [1.807, 2.05) is 0 Å². The van der Waals surface area contributed by atoms with Crippen LogP contribution in [0.4, 0.5) is 5.69 Å². The zero-order chi connectivity index (χ0) is 11.0. The average Bonchev–Trinajstić information content (AvgIpc) is 2.49. The number of fused-ring (bicyclic) bond motifs is 1. The smallest absolute Gasteiger partial charge is 0.230 e. The molecule has 0 radical (unpaired) electrons. The van der Waals surface area contributed by atoms with Gasteiger partial charge in [-0.15, -0.1) is 0 Å². The number of aromatic nitrogens is 1. The molecule has 0 aliphatic rings. The van der Waals surface area contributed by atoms with Crippen molar-refractivity contribution in [2.45, 2.75) is 6.92 Å². The van der Waals surface area contributed by atoms with E-state index in [1.165, 1.54) is 6.92 Å². The molecule has 76 valence electrons. The van der Waals surface area contributed by atoms with E-state index in [0.29, 0.717) is 10.9 Å². The van der Waals surface area contributed by atoms with Crippen molar-refractivity contribution in [1.29, 1.82) is 5.53 Å². The maximum Gasteiger partial charge on any atom is 0.230 e. The highest BCUT2D eigenvalue weighted by atomic mass is 16.3. The summed E-state index contributed by atoms with van der Waals surface area (Å²) in [5, 5.41) is 13.5. The Hall–Kier alpha value is -2.17. The lowest BCUT2D eigenvalue weighted by Gasteiger charge is -1.99. The van der Waals surface area contributed by atoms with Crippen LogP contribution in [0.25, 0.3) is 10.9 Å². The Morgan fingerprint density at radius 3 is 2.73 bits per heavy atom. The van der Waals surface area contributed by atoms with Crippen LogP contribution in [-0.4, -0.2) is 15.6 Å². The lowest BCUT2D eigenvalue weighted by Crippen LogP contribution is -2.03. The summed E-state index contributed by atoms with van der Waals surface area (Å²) in [7, 11) is 0. The van der Waals surface area contributed by atoms with Crippen molar-refractivity contribution in [2.75, 3.05) is 0 Å². The van der Waals surface area contributed by atoms with E-state index in [9.17, 15) is 9.90 Å². The van der Waals surface area contributed by atoms with Crippen molar-refractivity contribution < 1.29 is 9.90 Å². The Labute approximate surface area is 85.5 Å². The summed E-state index contributed by atoms with van der Waals surface area (Å²) in [5.74, 6) is -0.586. The Morgan fingerprint density at radius 1 is 1.47 bits per heavy atom. The van der Waals surface area contributed by atoms with E-state index >= 15 is 0 Å². The van der Waals surface area contributed by atoms with Crippen LogP contribution >= 0.6 is 0 Å². The van der Waals surface area contributed by atoms with Crippen molar-refractivity contribution in [2.24, 2.45) is 5.11 Å². The predicted octanol–water partition coefficient (Wildman–Crippen LogP) is 2.67. The van der Waals surface area contributed by atoms with Gasteiger partial charge in [0, 0.05) is 12.3 Å². The number of hydrogen-bond donors (Lipinski definition) is 2. The average molecular weight is 203 g/mol. The van der Waals surface area contributed by atoms with Gasteiger partial charge >= 0.3 is 0 Å². The van der Waals surface area contributed by atoms with Crippen LogP contribution in [-0.2, 0) is 0 Å². The fourth-order valence-corrected chi connectivity index (χ4v) is 1.64. The van der Waals surface area contributed by atoms with Crippen molar-refractivity contribution in [3.8, 4) is 5.88 Å². The topological polar surface area (TPSA) is 78.4 Å². The molecule has 0 saturated carbocycles. The van der Waals surface area contributed by atoms with Gasteiger partial charge in [-0.1, -0.05) is 18.2 Å². The molecule has 1 heterocycles. The van der Waals surface area contributed by atoms with Crippen LogP contribution in [0.15, 0.2) is 29.4 Å². The molecule has 0 aliphatic heterocycles. The van der Waals surface area contributed by atoms with Crippen LogP contribution in [0.5, 0.6) is 5.88 Å². The third-order valence-corrected chi connectivity index (χ3v) is 2.25. The lowest BCUT2D eigenvalue weighted by atomic mass is 10.2. The molecule has 0 atom stereocenters. The molecule has 0 aliphatic carbocycles. The van der Waals surface area contributed by atoms with Gasteiger partial charge in [0.15, 0.2) is 5.69 Å². The number of rotatable bonds is 1. The standard InChI is InChI=1S/C10H9N3O2/c1-6(14)13-8-5-3-2-4-7(8)9(12-11)10(13)15/h2-5,11,15H,1H3. The molecule has 1 aromatic heterocycles. The summed E-state index contributed by atoms with van der Waals surface area (Å²) < 4.78 is 1.14. The van der Waals surface area contributed by atoms with E-state index in [1.54, 1.807) is 24.3 Å². The molecular formula is C10H9N3O2. The predicted molar refractivity (Wildman–Crippen MR) is 54.7 cm³/mol. The normalized spacial score (nSPS) is 10.5. The Bertz CT molecular complexity index is 557. The highest BCUT2D eigenvalue weighted by molar-refractivity contribution is 6.01. The zero-order valence-electron chi connectivity index (χ0n) is 8.06. The van der Waals surface area contributed by atoms with Crippen LogP contribution in [0.2, 0.25) is 0 Å². The minimum absolute atomic E-state index is 0.126. The van der Waals surface area contributed by atoms with Crippen molar-refractivity contribution in [3.63, 3.8) is 0 Å². The minimum Gasteiger partial charge on any atom is -0.493 e. The quantitative estimate of drug-likeness (QED) is 0.699. The fourth-order valence-electron chi connectivity index (χ4n) is 1.64. The monoisotopic (exact) mass is 203 g/mol. The van der Waals surface area contributed by atoms with E-state index < -0.39 is 0 Å². The molecule has 15 heavy (non-hydrogen) atoms. The first-order valence-corrected chi connectivity index (χ1v) is 4.37. The van der Waals surface area contributed by atoms with Gasteiger partial charge in [0.2, 0.25) is 11.8 Å². The van der Waals surface area contributed by atoms with E-state index in [4.69, 9.17) is 5.53 Å². The van der Waals surface area contributed by atoms with Gasteiger partial charge in [0.1, 0.15) is 0 Å². The number of para-hydroxylation sites is 1. The summed E-state index contributed by atoms with van der Waals surface area (Å²) in [5.41, 5.74) is 7.65. The summed E-state index contributed by atoms with van der Waals surface area (Å²) >= 11 is 0. The largest absolute Gasteiger partial charge is 0.493 e. The molecule has 0 bridgehead atoms. The highest BCUT2D eigenvalue weighted by Gasteiger charge is 2.17. The fraction of sp³-hybridized carbons (Fsp3) is 0.100. The second-order valence-corrected chi connectivity index (χ2v) is 3.16. The second kappa shape index (κ2) is 3.20. The molecule has 0 spiro atoms. The van der Waals surface area contributed by atoms with Gasteiger partial charge in [-0.3, -0.25) is 4.79 Å². The maximum absolute atomic E-state index is 11.3. The number of benzene rings is 1. The summed E-state index contributed by atoms with van der Waals surface area (Å²) in [6.07, 6.45) is 0. The number of carbonyl (C=O) groups excluding carboxylic acids is 1. The minimum atomic E-state index is -0.307. The van der Waals surface area contributed by atoms with E-state index in [2.05, 4.69) is 5.11 Å². The summed E-state index contributed by atoms with van der Waals surface area (Å²) in [6, 6.07) is 6.93. The SMILES string of the molecule is CC(=O)n1c(O)c(N=N)c2ccccc21. The Balaban J connectivity index is 2.97. The van der Waals surface area contributed by atoms with E-state index in [0.717, 1.165) is 4.57 Å². The first-order chi connectivity index (χ1) is 7.16. The summed E-state index contributed by atoms with van der Waals surface area (Å²) in [6.45, 7) is 1.35. The summed E-state index contributed by atoms with van der Waals surface area (Å²) in [4.78, 5) is 11.3. The van der Waals surface area contributed by atoms with Crippen molar-refractivity contribution in [3.05, 3.63) is 24.3 Å². The van der Waals surface area contributed by atoms with Crippen LogP contribution in [0.1, 0.15) is 11.7 Å². The molecule has 5 nitrogen and oxygen atoms in total. The lowest BCUT2D eigenvalue weighted by molar-refractivity contribution is 0.0933. The van der Waals surface area contributed by atoms with Gasteiger partial charge < -0.3 is 5.11 Å². The van der Waals surface area contributed by atoms with E-state index in [-0.39, 0.29) is 17.5 Å². The van der Waals surface area contributed by atoms with Crippen molar-refractivity contribution in [1.82, 2.24) is 4.57 Å². The Morgan fingerprint density at radius 2 is 2.13 bits per heavy atom. The van der Waals surface area contributed by atoms with Crippen LogP contribution < -0.4 is 0 Å². The molecule has 1 aromatic carbocycles. The molecule has 5 heteroatoms. The molecule has 2 aromatic rings. The first kappa shape index (κ1) is 9.39. The molecule has 0 amide bonds. The molecule has 0 saturated heterocycles. The van der Waals surface area contributed by atoms with Gasteiger partial charge in [-0.25, -0.2) is 10.1 Å². The molecule has 0 unspecified atom stereocenters. The van der Waals surface area contributed by atoms with Crippen molar-refractivity contribution >= 4 is 22.5 Å². The second-order valence-electron chi connectivity index (χ2n) is 3.16. The zero-order valence-corrected chi connectivity index (χ0v) is 8.06. The van der Waals surface area contributed by atoms with Gasteiger partial charge in [0.05, 0.1) is 5.52 Å². The number of nitrogens with zero attached hydrogens (tertiary/aromatic N) is 2. The van der Waals surface area contributed by atoms with Gasteiger partial charge in [0.25, 0.3) is 0 Å². The number of hydrogen-bond acceptors (Lipinski definition) is 4. The molecule has 0 fully saturated rings. The van der Waals surface area contributed by atoms with Gasteiger partial charge in [-0.05, 0) is 6.07 Å². The Kier molecular flexibility index (Phi) is 2.00. The molecule has 2 N–H and O–H groups in total. The first-order valence-electron chi connectivity index (χ1n) is 4.37. The third-order valence-electron chi connectivity index (χ3n) is 2.25. The highest BCUT2D eigenvalue weighted by Crippen LogP contribution is 2.37. The number of aromatic hydroxyl groups is 1. The molecule has 2 rings (SSSR count). The number of nitrogens with one attached hydrogen (secondary N) is 1. The third kappa shape index (κ3) is 1.20. The van der Waals surface area contributed by atoms with Crippen LogP contribution in [0.3, 0.4) is 0 Å². The molecular weight excluding hydrogens is 194 g/mol.